The van der Waals surface area contributed by atoms with E-state index in [2.05, 4.69) is 9.82 Å². The SMILES string of the molecule is O=[N+]([O-])c1ccc(S(=O)(=O)Nc2cnn(Cc3cccc(C(F)(F)F)c3)c2)cc1. The Bertz CT molecular complexity index is 1140. The molecule has 3 rings (SSSR count). The lowest BCUT2D eigenvalue weighted by molar-refractivity contribution is -0.384. The second kappa shape index (κ2) is 7.54. The second-order valence-electron chi connectivity index (χ2n) is 5.98. The van der Waals surface area contributed by atoms with Crippen LogP contribution in [0.1, 0.15) is 11.1 Å². The summed E-state index contributed by atoms with van der Waals surface area (Å²) < 4.78 is 66.6. The highest BCUT2D eigenvalue weighted by atomic mass is 32.2. The predicted octanol–water partition coefficient (Wildman–Crippen LogP) is 3.66. The molecule has 12 heteroatoms. The summed E-state index contributed by atoms with van der Waals surface area (Å²) in [5.41, 5.74) is -0.609. The Morgan fingerprint density at radius 1 is 1.14 bits per heavy atom. The summed E-state index contributed by atoms with van der Waals surface area (Å²) in [7, 11) is -4.02. The van der Waals surface area contributed by atoms with Crippen LogP contribution in [0.2, 0.25) is 0 Å². The number of anilines is 1. The standard InChI is InChI=1S/C17H13F3N4O4S/c18-17(19,20)13-3-1-2-12(8-13)10-23-11-14(9-21-23)22-29(27,28)16-6-4-15(5-7-16)24(25)26/h1-9,11,22H,10H2. The third-order valence-electron chi connectivity index (χ3n) is 3.84. The van der Waals surface area contributed by atoms with Gasteiger partial charge in [0.1, 0.15) is 0 Å². The highest BCUT2D eigenvalue weighted by molar-refractivity contribution is 7.92. The molecule has 0 radical (unpaired) electrons. The largest absolute Gasteiger partial charge is 0.416 e. The number of alkyl halides is 3. The summed E-state index contributed by atoms with van der Waals surface area (Å²) in [6.45, 7) is 0.00315. The Morgan fingerprint density at radius 3 is 2.45 bits per heavy atom. The van der Waals surface area contributed by atoms with Gasteiger partial charge in [0.25, 0.3) is 15.7 Å². The van der Waals surface area contributed by atoms with Gasteiger partial charge < -0.3 is 0 Å². The molecular formula is C17H13F3N4O4S. The highest BCUT2D eigenvalue weighted by Gasteiger charge is 2.30. The molecule has 0 atom stereocenters. The van der Waals surface area contributed by atoms with E-state index >= 15 is 0 Å². The summed E-state index contributed by atoms with van der Waals surface area (Å²) in [5, 5.41) is 14.6. The Kier molecular flexibility index (Phi) is 5.29. The number of benzene rings is 2. The molecule has 0 unspecified atom stereocenters. The fourth-order valence-electron chi connectivity index (χ4n) is 2.50. The molecule has 1 heterocycles. The molecule has 0 fully saturated rings. The van der Waals surface area contributed by atoms with Crippen LogP contribution in [-0.4, -0.2) is 23.1 Å². The van der Waals surface area contributed by atoms with E-state index in [1.54, 1.807) is 0 Å². The number of sulfonamides is 1. The average molecular weight is 426 g/mol. The van der Waals surface area contributed by atoms with Crippen molar-refractivity contribution in [2.75, 3.05) is 4.72 Å². The predicted molar refractivity (Wildman–Crippen MR) is 96.7 cm³/mol. The summed E-state index contributed by atoms with van der Waals surface area (Å²) in [5.74, 6) is 0. The lowest BCUT2D eigenvalue weighted by Gasteiger charge is -2.09. The second-order valence-corrected chi connectivity index (χ2v) is 7.66. The number of hydrogen-bond acceptors (Lipinski definition) is 5. The van der Waals surface area contributed by atoms with E-state index in [9.17, 15) is 31.7 Å². The maximum Gasteiger partial charge on any atom is 0.416 e. The summed E-state index contributed by atoms with van der Waals surface area (Å²) in [6.07, 6.45) is -1.94. The normalized spacial score (nSPS) is 12.0. The average Bonchev–Trinajstić information content (AvgIpc) is 3.07. The van der Waals surface area contributed by atoms with Crippen molar-refractivity contribution in [2.24, 2.45) is 0 Å². The van der Waals surface area contributed by atoms with Gasteiger partial charge in [-0.1, -0.05) is 12.1 Å². The molecule has 0 amide bonds. The van der Waals surface area contributed by atoms with Crippen LogP contribution in [0, 0.1) is 10.1 Å². The molecule has 0 saturated heterocycles. The molecule has 0 spiro atoms. The number of rotatable bonds is 6. The fraction of sp³-hybridized carbons (Fsp3) is 0.118. The topological polar surface area (TPSA) is 107 Å². The van der Waals surface area contributed by atoms with Gasteiger partial charge in [0, 0.05) is 18.3 Å². The maximum absolute atomic E-state index is 12.8. The molecule has 0 aliphatic heterocycles. The number of nitro groups is 1. The first-order chi connectivity index (χ1) is 13.5. The van der Waals surface area contributed by atoms with E-state index in [1.165, 1.54) is 29.2 Å². The molecule has 0 saturated carbocycles. The van der Waals surface area contributed by atoms with Gasteiger partial charge in [-0.3, -0.25) is 19.5 Å². The van der Waals surface area contributed by atoms with Crippen molar-refractivity contribution < 1.29 is 26.5 Å². The highest BCUT2D eigenvalue weighted by Crippen LogP contribution is 2.29. The third-order valence-corrected chi connectivity index (χ3v) is 5.24. The van der Waals surface area contributed by atoms with E-state index in [0.717, 1.165) is 36.4 Å². The molecule has 29 heavy (non-hydrogen) atoms. The Hall–Kier alpha value is -3.41. The summed E-state index contributed by atoms with van der Waals surface area (Å²) in [6, 6.07) is 9.02. The van der Waals surface area contributed by atoms with E-state index in [0.29, 0.717) is 5.56 Å². The summed E-state index contributed by atoms with van der Waals surface area (Å²) >= 11 is 0. The Morgan fingerprint density at radius 2 is 1.83 bits per heavy atom. The zero-order valence-electron chi connectivity index (χ0n) is 14.5. The van der Waals surface area contributed by atoms with Gasteiger partial charge in [0.2, 0.25) is 0 Å². The van der Waals surface area contributed by atoms with Gasteiger partial charge in [0.05, 0.1) is 33.8 Å². The van der Waals surface area contributed by atoms with Crippen molar-refractivity contribution in [3.63, 3.8) is 0 Å². The van der Waals surface area contributed by atoms with Crippen molar-refractivity contribution in [3.05, 3.63) is 82.2 Å². The van der Waals surface area contributed by atoms with Crippen LogP contribution in [0.4, 0.5) is 24.5 Å². The van der Waals surface area contributed by atoms with E-state index in [4.69, 9.17) is 0 Å². The summed E-state index contributed by atoms with van der Waals surface area (Å²) in [4.78, 5) is 9.81. The lowest BCUT2D eigenvalue weighted by atomic mass is 10.1. The molecule has 0 aliphatic carbocycles. The van der Waals surface area contributed by atoms with Crippen molar-refractivity contribution in [1.82, 2.24) is 9.78 Å². The molecule has 152 valence electrons. The maximum atomic E-state index is 12.8. The van der Waals surface area contributed by atoms with Crippen LogP contribution in [0.15, 0.2) is 65.8 Å². The quantitative estimate of drug-likeness (QED) is 0.478. The van der Waals surface area contributed by atoms with E-state index < -0.39 is 26.7 Å². The van der Waals surface area contributed by atoms with Crippen molar-refractivity contribution in [1.29, 1.82) is 0 Å². The van der Waals surface area contributed by atoms with Crippen LogP contribution in [0.3, 0.4) is 0 Å². The zero-order valence-corrected chi connectivity index (χ0v) is 15.3. The first-order valence-corrected chi connectivity index (χ1v) is 9.49. The van der Waals surface area contributed by atoms with Crippen LogP contribution < -0.4 is 4.72 Å². The van der Waals surface area contributed by atoms with Gasteiger partial charge in [-0.05, 0) is 29.8 Å². The number of nitro benzene ring substituents is 1. The van der Waals surface area contributed by atoms with Crippen LogP contribution in [0.25, 0.3) is 0 Å². The fourth-order valence-corrected chi connectivity index (χ4v) is 3.52. The van der Waals surface area contributed by atoms with Crippen LogP contribution >= 0.6 is 0 Å². The van der Waals surface area contributed by atoms with Crippen LogP contribution in [-0.2, 0) is 22.7 Å². The van der Waals surface area contributed by atoms with Crippen molar-refractivity contribution in [3.8, 4) is 0 Å². The minimum atomic E-state index is -4.47. The molecule has 1 N–H and O–H groups in total. The van der Waals surface area contributed by atoms with Crippen molar-refractivity contribution in [2.45, 2.75) is 17.6 Å². The van der Waals surface area contributed by atoms with Crippen LogP contribution in [0.5, 0.6) is 0 Å². The van der Waals surface area contributed by atoms with Gasteiger partial charge in [0.15, 0.2) is 0 Å². The number of non-ortho nitro benzene ring substituents is 1. The number of aromatic nitrogens is 2. The molecule has 0 bridgehead atoms. The molecular weight excluding hydrogens is 413 g/mol. The van der Waals surface area contributed by atoms with E-state index in [-0.39, 0.29) is 22.8 Å². The number of hydrogen-bond donors (Lipinski definition) is 1. The molecule has 0 aliphatic rings. The number of nitrogens with zero attached hydrogens (tertiary/aromatic N) is 3. The molecule has 1 aromatic heterocycles. The van der Waals surface area contributed by atoms with Gasteiger partial charge in [-0.15, -0.1) is 0 Å². The monoisotopic (exact) mass is 426 g/mol. The van der Waals surface area contributed by atoms with Gasteiger partial charge >= 0.3 is 6.18 Å². The lowest BCUT2D eigenvalue weighted by Crippen LogP contribution is -2.12. The zero-order chi connectivity index (χ0) is 21.2. The minimum absolute atomic E-state index is 0.00315. The molecule has 3 aromatic rings. The first-order valence-electron chi connectivity index (χ1n) is 8.00. The van der Waals surface area contributed by atoms with E-state index in [1.807, 2.05) is 0 Å². The number of halogens is 3. The van der Waals surface area contributed by atoms with Crippen molar-refractivity contribution >= 4 is 21.4 Å². The molecule has 2 aromatic carbocycles. The Balaban J connectivity index is 1.74. The van der Waals surface area contributed by atoms with Gasteiger partial charge in [-0.2, -0.15) is 18.3 Å². The smallest absolute Gasteiger partial charge is 0.276 e. The third kappa shape index (κ3) is 4.90. The molecule has 8 nitrogen and oxygen atoms in total. The number of nitrogens with one attached hydrogen (secondary N) is 1. The first kappa shape index (κ1) is 20.3. The van der Waals surface area contributed by atoms with Gasteiger partial charge in [-0.25, -0.2) is 8.42 Å². The minimum Gasteiger partial charge on any atom is -0.276 e. The Labute approximate surface area is 162 Å².